The molecule has 1 heterocycles. The molecule has 13 heteroatoms. The normalized spacial score (nSPS) is 12.1. The van der Waals surface area contributed by atoms with Crippen LogP contribution in [0.2, 0.25) is 0 Å². The number of sulfonamides is 1. The number of unbranched alkanes of at least 4 members (excludes halogenated alkanes) is 1. The maximum atomic E-state index is 14.0. The van der Waals surface area contributed by atoms with Crippen molar-refractivity contribution in [1.29, 1.82) is 0 Å². The summed E-state index contributed by atoms with van der Waals surface area (Å²) in [6, 6.07) is 3.90. The van der Waals surface area contributed by atoms with Gasteiger partial charge in [-0.2, -0.15) is 13.2 Å². The predicted molar refractivity (Wildman–Crippen MR) is 123 cm³/mol. The summed E-state index contributed by atoms with van der Waals surface area (Å²) in [6.45, 7) is 2.33. The summed E-state index contributed by atoms with van der Waals surface area (Å²) in [7, 11) is -3.87. The largest absolute Gasteiger partial charge is 0.433 e. The van der Waals surface area contributed by atoms with Crippen molar-refractivity contribution in [3.8, 4) is 0 Å². The molecule has 3 N–H and O–H groups in total. The number of benzene rings is 1. The van der Waals surface area contributed by atoms with Gasteiger partial charge < -0.3 is 10.6 Å². The smallest absolute Gasteiger partial charge is 0.370 e. The van der Waals surface area contributed by atoms with Crippen LogP contribution in [0.5, 0.6) is 0 Å². The number of rotatable bonds is 11. The summed E-state index contributed by atoms with van der Waals surface area (Å²) in [6.07, 6.45) is 0.139. The number of carbonyl (C=O) groups excluding carboxylic acids is 1. The highest BCUT2D eigenvalue weighted by atomic mass is 32.2. The van der Waals surface area contributed by atoms with Crippen LogP contribution in [0.1, 0.15) is 36.6 Å². The Bertz CT molecular complexity index is 1160. The second-order valence-electron chi connectivity index (χ2n) is 7.60. The van der Waals surface area contributed by atoms with Crippen LogP contribution in [-0.4, -0.2) is 38.7 Å². The summed E-state index contributed by atoms with van der Waals surface area (Å²) in [4.78, 5) is 15.7. The van der Waals surface area contributed by atoms with Crippen LogP contribution in [0.25, 0.3) is 6.08 Å². The Hall–Kier alpha value is -3.22. The van der Waals surface area contributed by atoms with E-state index in [0.29, 0.717) is 13.0 Å². The van der Waals surface area contributed by atoms with Gasteiger partial charge in [-0.3, -0.25) is 9.52 Å². The molecular weight excluding hydrogens is 495 g/mol. The van der Waals surface area contributed by atoms with E-state index in [1.807, 2.05) is 6.92 Å². The molecular formula is C22H25F5N4O3S. The number of amides is 1. The van der Waals surface area contributed by atoms with Crippen molar-refractivity contribution in [3.63, 3.8) is 0 Å². The molecule has 7 nitrogen and oxygen atoms in total. The molecule has 35 heavy (non-hydrogen) atoms. The quantitative estimate of drug-likeness (QED) is 0.233. The number of pyridine rings is 1. The molecule has 0 saturated heterocycles. The maximum absolute atomic E-state index is 14.0. The second kappa shape index (κ2) is 12.0. The molecule has 1 aromatic heterocycles. The monoisotopic (exact) mass is 520 g/mol. The molecule has 0 saturated carbocycles. The molecule has 0 aliphatic rings. The first-order valence-electron chi connectivity index (χ1n) is 10.5. The number of nitrogens with zero attached hydrogens (tertiary/aromatic N) is 1. The third kappa shape index (κ3) is 9.15. The van der Waals surface area contributed by atoms with Gasteiger partial charge in [-0.05, 0) is 48.7 Å². The van der Waals surface area contributed by atoms with Gasteiger partial charge in [0, 0.05) is 24.7 Å². The lowest BCUT2D eigenvalue weighted by Crippen LogP contribution is -2.23. The van der Waals surface area contributed by atoms with Crippen molar-refractivity contribution in [2.45, 2.75) is 32.4 Å². The van der Waals surface area contributed by atoms with E-state index in [4.69, 9.17) is 0 Å². The summed E-state index contributed by atoms with van der Waals surface area (Å²) in [5.41, 5.74) is -1.40. The van der Waals surface area contributed by atoms with Gasteiger partial charge in [0.2, 0.25) is 15.9 Å². The van der Waals surface area contributed by atoms with Crippen molar-refractivity contribution in [1.82, 2.24) is 10.3 Å². The number of aromatic nitrogens is 1. The molecule has 0 radical (unpaired) electrons. The molecule has 192 valence electrons. The van der Waals surface area contributed by atoms with Gasteiger partial charge in [-0.15, -0.1) is 0 Å². The molecule has 0 atom stereocenters. The zero-order chi connectivity index (χ0) is 26.2. The highest BCUT2D eigenvalue weighted by Gasteiger charge is 2.32. The molecule has 0 fully saturated rings. The van der Waals surface area contributed by atoms with Gasteiger partial charge >= 0.3 is 6.18 Å². The summed E-state index contributed by atoms with van der Waals surface area (Å²) >= 11 is 0. The van der Waals surface area contributed by atoms with Crippen LogP contribution < -0.4 is 15.4 Å². The van der Waals surface area contributed by atoms with Crippen LogP contribution >= 0.6 is 0 Å². The van der Waals surface area contributed by atoms with Crippen molar-refractivity contribution in [2.24, 2.45) is 0 Å². The minimum atomic E-state index is -4.61. The van der Waals surface area contributed by atoms with Crippen molar-refractivity contribution in [3.05, 3.63) is 58.8 Å². The molecule has 0 spiro atoms. The first-order valence-corrected chi connectivity index (χ1v) is 12.4. The Morgan fingerprint density at radius 2 is 1.77 bits per heavy atom. The minimum Gasteiger partial charge on any atom is -0.370 e. The zero-order valence-corrected chi connectivity index (χ0v) is 19.8. The van der Waals surface area contributed by atoms with E-state index in [2.05, 4.69) is 15.6 Å². The van der Waals surface area contributed by atoms with E-state index in [1.165, 1.54) is 12.1 Å². The fourth-order valence-corrected chi connectivity index (χ4v) is 3.46. The topological polar surface area (TPSA) is 100 Å². The maximum Gasteiger partial charge on any atom is 0.433 e. The number of halogens is 5. The van der Waals surface area contributed by atoms with Gasteiger partial charge in [-0.25, -0.2) is 22.2 Å². The fourth-order valence-electron chi connectivity index (χ4n) is 2.89. The molecule has 0 unspecified atom stereocenters. The molecule has 0 aliphatic carbocycles. The highest BCUT2D eigenvalue weighted by molar-refractivity contribution is 7.92. The molecule has 2 rings (SSSR count). The third-order valence-corrected chi connectivity index (χ3v) is 5.13. The van der Waals surface area contributed by atoms with Crippen molar-refractivity contribution < 1.29 is 35.2 Å². The summed E-state index contributed by atoms with van der Waals surface area (Å²) in [5, 5.41) is 5.33. The van der Waals surface area contributed by atoms with E-state index >= 15 is 0 Å². The van der Waals surface area contributed by atoms with E-state index in [-0.39, 0.29) is 29.9 Å². The number of hydrogen-bond acceptors (Lipinski definition) is 5. The van der Waals surface area contributed by atoms with Crippen molar-refractivity contribution in [2.75, 3.05) is 29.4 Å². The van der Waals surface area contributed by atoms with Gasteiger partial charge in [0.1, 0.15) is 17.2 Å². The van der Waals surface area contributed by atoms with Gasteiger partial charge in [0.25, 0.3) is 0 Å². The Morgan fingerprint density at radius 3 is 2.34 bits per heavy atom. The predicted octanol–water partition coefficient (Wildman–Crippen LogP) is 4.33. The first-order chi connectivity index (χ1) is 16.3. The molecule has 0 bridgehead atoms. The summed E-state index contributed by atoms with van der Waals surface area (Å²) in [5.74, 6) is -2.80. The van der Waals surface area contributed by atoms with Gasteiger partial charge in [0.15, 0.2) is 11.6 Å². The van der Waals surface area contributed by atoms with Crippen LogP contribution in [0.4, 0.5) is 33.5 Å². The average molecular weight is 521 g/mol. The number of hydrogen-bond donors (Lipinski definition) is 3. The Balaban J connectivity index is 2.02. The van der Waals surface area contributed by atoms with Crippen molar-refractivity contribution >= 4 is 33.5 Å². The average Bonchev–Trinajstić information content (AvgIpc) is 2.74. The highest BCUT2D eigenvalue weighted by Crippen LogP contribution is 2.30. The number of alkyl halides is 3. The minimum absolute atomic E-state index is 0.00618. The number of anilines is 2. The summed E-state index contributed by atoms with van der Waals surface area (Å²) < 4.78 is 91.1. The lowest BCUT2D eigenvalue weighted by molar-refractivity contribution is -0.141. The van der Waals surface area contributed by atoms with Gasteiger partial charge in [-0.1, -0.05) is 13.3 Å². The van der Waals surface area contributed by atoms with Crippen LogP contribution in [0.15, 0.2) is 30.3 Å². The number of nitrogens with one attached hydrogen (secondary N) is 3. The number of carbonyl (C=O) groups is 1. The molecule has 1 amide bonds. The molecule has 1 aromatic carbocycles. The SMILES string of the molecule is CCCCNc1nc(C(F)(F)F)ccc1C=CC(=O)NCCc1cc(F)c(NS(C)(=O)=O)c(F)c1. The van der Waals surface area contributed by atoms with Crippen LogP contribution in [0.3, 0.4) is 0 Å². The van der Waals surface area contributed by atoms with E-state index in [9.17, 15) is 35.2 Å². The van der Waals surface area contributed by atoms with Crippen LogP contribution in [-0.2, 0) is 27.4 Å². The van der Waals surface area contributed by atoms with E-state index in [0.717, 1.165) is 37.0 Å². The van der Waals surface area contributed by atoms with E-state index in [1.54, 1.807) is 4.72 Å². The Labute approximate surface area is 199 Å². The van der Waals surface area contributed by atoms with E-state index < -0.39 is 45.1 Å². The fraction of sp³-hybridized carbons (Fsp3) is 0.364. The Morgan fingerprint density at radius 1 is 1.11 bits per heavy atom. The first kappa shape index (κ1) is 28.0. The Kier molecular flexibility index (Phi) is 9.57. The molecule has 2 aromatic rings. The molecule has 0 aliphatic heterocycles. The third-order valence-electron chi connectivity index (χ3n) is 4.56. The standard InChI is InChI=1S/C22H25F5N4O3S/c1-3-4-10-29-21-15(5-7-18(30-21)22(25,26)27)6-8-19(32)28-11-9-14-12-16(23)20(17(24)13-14)31-35(2,33)34/h5-8,12-13,31H,3-4,9-11H2,1-2H3,(H,28,32)(H,29,30). The lowest BCUT2D eigenvalue weighted by Gasteiger charge is -2.12. The second-order valence-corrected chi connectivity index (χ2v) is 9.34. The van der Waals surface area contributed by atoms with Gasteiger partial charge in [0.05, 0.1) is 6.26 Å². The van der Waals surface area contributed by atoms with Crippen LogP contribution in [0, 0.1) is 11.6 Å². The zero-order valence-electron chi connectivity index (χ0n) is 19.0. The lowest BCUT2D eigenvalue weighted by atomic mass is 10.1.